The van der Waals surface area contributed by atoms with E-state index in [2.05, 4.69) is 58.5 Å². The van der Waals surface area contributed by atoms with E-state index in [4.69, 9.17) is 0 Å². The number of nitrogens with one attached hydrogen (secondary N) is 1. The van der Waals surface area contributed by atoms with E-state index in [1.807, 2.05) is 36.4 Å². The molecule has 3 heteroatoms. The third kappa shape index (κ3) is 2.67. The molecule has 126 valence electrons. The van der Waals surface area contributed by atoms with E-state index in [0.29, 0.717) is 5.92 Å². The Morgan fingerprint density at radius 1 is 1.00 bits per heavy atom. The minimum atomic E-state index is -0.651. The largest absolute Gasteiger partial charge is 0.327 e. The van der Waals surface area contributed by atoms with Gasteiger partial charge in [-0.2, -0.15) is 0 Å². The molecular formula is C22H20BrNO. The highest BCUT2D eigenvalue weighted by Crippen LogP contribution is 2.47. The Morgan fingerprint density at radius 2 is 1.56 bits per heavy atom. The van der Waals surface area contributed by atoms with Crippen LogP contribution in [0.15, 0.2) is 82.5 Å². The van der Waals surface area contributed by atoms with Crippen molar-refractivity contribution in [2.75, 3.05) is 0 Å². The zero-order chi connectivity index (χ0) is 17.4. The van der Waals surface area contributed by atoms with Crippen molar-refractivity contribution in [2.45, 2.75) is 25.2 Å². The molecule has 2 aromatic carbocycles. The number of piperidine rings is 1. The number of hydrogen-bond donors (Lipinski definition) is 1. The summed E-state index contributed by atoms with van der Waals surface area (Å²) in [6, 6.07) is 20.3. The molecule has 1 saturated heterocycles. The van der Waals surface area contributed by atoms with Crippen LogP contribution in [0.3, 0.4) is 0 Å². The first kappa shape index (κ1) is 16.3. The average Bonchev–Trinajstić information content (AvgIpc) is 2.63. The topological polar surface area (TPSA) is 29.1 Å². The van der Waals surface area contributed by atoms with E-state index in [1.54, 1.807) is 0 Å². The molecule has 1 amide bonds. The molecule has 1 aliphatic heterocycles. The molecule has 4 rings (SSSR count). The third-order valence-corrected chi connectivity index (χ3v) is 5.98. The normalized spacial score (nSPS) is 22.1. The summed E-state index contributed by atoms with van der Waals surface area (Å²) in [5.74, 6) is 0.360. The van der Waals surface area contributed by atoms with Gasteiger partial charge in [-0.3, -0.25) is 4.79 Å². The maximum atomic E-state index is 13.4. The quantitative estimate of drug-likeness (QED) is 0.758. The molecule has 0 bridgehead atoms. The minimum Gasteiger partial charge on any atom is -0.327 e. The lowest BCUT2D eigenvalue weighted by atomic mass is 9.64. The fraction of sp³-hybridized carbons (Fsp3) is 0.227. The smallest absolute Gasteiger partial charge is 0.239 e. The number of benzene rings is 2. The van der Waals surface area contributed by atoms with Gasteiger partial charge in [0, 0.05) is 16.1 Å². The monoisotopic (exact) mass is 393 g/mol. The van der Waals surface area contributed by atoms with E-state index in [1.165, 1.54) is 5.57 Å². The van der Waals surface area contributed by atoms with Crippen LogP contribution in [0.5, 0.6) is 0 Å². The van der Waals surface area contributed by atoms with Crippen molar-refractivity contribution < 1.29 is 4.79 Å². The lowest BCUT2D eigenvalue weighted by Gasteiger charge is -2.43. The first-order valence-corrected chi connectivity index (χ1v) is 9.40. The number of fused-ring (bicyclic) bond motifs is 1. The highest BCUT2D eigenvalue weighted by molar-refractivity contribution is 9.11. The van der Waals surface area contributed by atoms with Crippen molar-refractivity contribution in [2.24, 2.45) is 5.92 Å². The van der Waals surface area contributed by atoms with Gasteiger partial charge in [0.25, 0.3) is 0 Å². The first-order valence-electron chi connectivity index (χ1n) is 8.60. The third-order valence-electron chi connectivity index (χ3n) is 5.33. The Hall–Kier alpha value is -2.13. The highest BCUT2D eigenvalue weighted by atomic mass is 79.9. The second-order valence-corrected chi connectivity index (χ2v) is 7.80. The number of carbonyl (C=O) groups is 1. The van der Waals surface area contributed by atoms with E-state index >= 15 is 0 Å². The van der Waals surface area contributed by atoms with Crippen molar-refractivity contribution in [1.29, 1.82) is 0 Å². The second-order valence-electron chi connectivity index (χ2n) is 6.95. The van der Waals surface area contributed by atoms with Crippen LogP contribution in [0.25, 0.3) is 0 Å². The Kier molecular flexibility index (Phi) is 4.12. The van der Waals surface area contributed by atoms with Gasteiger partial charge in [0.15, 0.2) is 0 Å². The summed E-state index contributed by atoms with van der Waals surface area (Å²) in [5.41, 5.74) is 3.83. The molecule has 0 saturated carbocycles. The summed E-state index contributed by atoms with van der Waals surface area (Å²) in [4.78, 5) is 13.4. The Labute approximate surface area is 156 Å². The van der Waals surface area contributed by atoms with Gasteiger partial charge >= 0.3 is 0 Å². The van der Waals surface area contributed by atoms with Crippen LogP contribution >= 0.6 is 15.9 Å². The molecule has 0 radical (unpaired) electrons. The van der Waals surface area contributed by atoms with Crippen LogP contribution in [0, 0.1) is 5.92 Å². The zero-order valence-corrected chi connectivity index (χ0v) is 15.7. The molecule has 2 aromatic rings. The molecule has 2 aliphatic rings. The van der Waals surface area contributed by atoms with Crippen LogP contribution in [-0.4, -0.2) is 5.91 Å². The van der Waals surface area contributed by atoms with Crippen molar-refractivity contribution in [3.63, 3.8) is 0 Å². The lowest BCUT2D eigenvalue weighted by molar-refractivity contribution is -0.126. The van der Waals surface area contributed by atoms with Crippen molar-refractivity contribution in [3.05, 3.63) is 93.6 Å². The van der Waals surface area contributed by atoms with Gasteiger partial charge in [-0.25, -0.2) is 0 Å². The van der Waals surface area contributed by atoms with E-state index in [0.717, 1.165) is 34.1 Å². The van der Waals surface area contributed by atoms with Crippen LogP contribution in [0.1, 0.15) is 30.9 Å². The van der Waals surface area contributed by atoms with Gasteiger partial charge in [-0.1, -0.05) is 66.2 Å². The molecule has 0 spiro atoms. The van der Waals surface area contributed by atoms with Gasteiger partial charge in [0.05, 0.1) is 5.41 Å². The van der Waals surface area contributed by atoms with Crippen molar-refractivity contribution >= 4 is 21.8 Å². The predicted molar refractivity (Wildman–Crippen MR) is 104 cm³/mol. The zero-order valence-electron chi connectivity index (χ0n) is 14.1. The number of carbonyl (C=O) groups excluding carboxylic acids is 1. The fourth-order valence-corrected chi connectivity index (χ4v) is 4.99. The number of halogens is 1. The fourth-order valence-electron chi connectivity index (χ4n) is 4.18. The average molecular weight is 394 g/mol. The SMILES string of the molecule is CC1=CC(Br)=C2NC(=O)C(c3ccccc3)(c3ccccc3)CC2C1. The van der Waals surface area contributed by atoms with Crippen molar-refractivity contribution in [1.82, 2.24) is 5.32 Å². The molecule has 25 heavy (non-hydrogen) atoms. The Balaban J connectivity index is 1.89. The maximum absolute atomic E-state index is 13.4. The summed E-state index contributed by atoms with van der Waals surface area (Å²) in [6.07, 6.45) is 3.87. The molecule has 0 aromatic heterocycles. The molecule has 1 fully saturated rings. The van der Waals surface area contributed by atoms with Gasteiger partial charge in [0.1, 0.15) is 0 Å². The molecule has 1 unspecified atom stereocenters. The summed E-state index contributed by atoms with van der Waals surface area (Å²) >= 11 is 3.64. The summed E-state index contributed by atoms with van der Waals surface area (Å²) in [6.45, 7) is 2.15. The summed E-state index contributed by atoms with van der Waals surface area (Å²) < 4.78 is 1.00. The maximum Gasteiger partial charge on any atom is 0.239 e. The van der Waals surface area contributed by atoms with E-state index in [-0.39, 0.29) is 5.91 Å². The van der Waals surface area contributed by atoms with Gasteiger partial charge in [-0.05, 0) is 52.9 Å². The molecule has 1 N–H and O–H groups in total. The van der Waals surface area contributed by atoms with Crippen LogP contribution in [0.2, 0.25) is 0 Å². The minimum absolute atomic E-state index is 0.0565. The predicted octanol–water partition coefficient (Wildman–Crippen LogP) is 5.07. The standard InChI is InChI=1S/C22H20BrNO/c1-15-12-16-14-22(17-8-4-2-5-9-17,18-10-6-3-7-11-18)21(25)24-20(16)19(23)13-15/h2-11,13,16H,12,14H2,1H3,(H,24,25). The van der Waals surface area contributed by atoms with Crippen LogP contribution in [-0.2, 0) is 10.2 Å². The number of allylic oxidation sites excluding steroid dienone is 4. The first-order chi connectivity index (χ1) is 12.1. The lowest BCUT2D eigenvalue weighted by Crippen LogP contribution is -2.52. The van der Waals surface area contributed by atoms with E-state index < -0.39 is 5.41 Å². The summed E-state index contributed by atoms with van der Waals surface area (Å²) in [5, 5.41) is 3.23. The Bertz CT molecular complexity index is 828. The Morgan fingerprint density at radius 3 is 2.12 bits per heavy atom. The molecule has 1 atom stereocenters. The van der Waals surface area contributed by atoms with Gasteiger partial charge < -0.3 is 5.32 Å². The van der Waals surface area contributed by atoms with Gasteiger partial charge in [-0.15, -0.1) is 0 Å². The summed E-state index contributed by atoms with van der Waals surface area (Å²) in [7, 11) is 0. The van der Waals surface area contributed by atoms with Gasteiger partial charge in [0.2, 0.25) is 5.91 Å². The molecule has 1 aliphatic carbocycles. The number of amides is 1. The van der Waals surface area contributed by atoms with E-state index in [9.17, 15) is 4.79 Å². The number of rotatable bonds is 2. The molecular weight excluding hydrogens is 374 g/mol. The highest BCUT2D eigenvalue weighted by Gasteiger charge is 2.48. The van der Waals surface area contributed by atoms with Crippen LogP contribution in [0.4, 0.5) is 0 Å². The molecule has 1 heterocycles. The number of hydrogen-bond acceptors (Lipinski definition) is 1. The molecule has 2 nitrogen and oxygen atoms in total. The van der Waals surface area contributed by atoms with Crippen LogP contribution < -0.4 is 5.32 Å². The van der Waals surface area contributed by atoms with Crippen molar-refractivity contribution in [3.8, 4) is 0 Å². The second kappa shape index (κ2) is 6.30.